The highest BCUT2D eigenvalue weighted by atomic mass is 16.5. The highest BCUT2D eigenvalue weighted by Crippen LogP contribution is 2.22. The van der Waals surface area contributed by atoms with E-state index in [2.05, 4.69) is 15.5 Å². The lowest BCUT2D eigenvalue weighted by Gasteiger charge is -2.25. The van der Waals surface area contributed by atoms with Crippen LogP contribution in [-0.4, -0.2) is 37.5 Å². The number of aromatic nitrogens is 2. The molecule has 10 heteroatoms. The van der Waals surface area contributed by atoms with Crippen LogP contribution in [0.4, 0.5) is 5.69 Å². The summed E-state index contributed by atoms with van der Waals surface area (Å²) in [6.07, 6.45) is 2.18. The van der Waals surface area contributed by atoms with E-state index in [0.29, 0.717) is 24.2 Å². The Labute approximate surface area is 153 Å². The summed E-state index contributed by atoms with van der Waals surface area (Å²) in [5.74, 6) is -1.74. The first kappa shape index (κ1) is 18.3. The van der Waals surface area contributed by atoms with Crippen molar-refractivity contribution in [1.82, 2.24) is 15.0 Å². The van der Waals surface area contributed by atoms with Gasteiger partial charge in [0.2, 0.25) is 0 Å². The van der Waals surface area contributed by atoms with Gasteiger partial charge in [-0.2, -0.15) is 5.10 Å². The molecule has 3 rings (SSSR count). The lowest BCUT2D eigenvalue weighted by atomic mass is 10.0. The molecule has 1 aliphatic heterocycles. The minimum atomic E-state index is -1.09. The van der Waals surface area contributed by atoms with Gasteiger partial charge in [0.1, 0.15) is 11.3 Å². The molecule has 1 aliphatic rings. The van der Waals surface area contributed by atoms with Gasteiger partial charge >= 0.3 is 5.97 Å². The van der Waals surface area contributed by atoms with Crippen molar-refractivity contribution in [1.29, 1.82) is 0 Å². The van der Waals surface area contributed by atoms with Crippen LogP contribution in [0.5, 0.6) is 0 Å². The molecule has 27 heavy (non-hydrogen) atoms. The van der Waals surface area contributed by atoms with Crippen LogP contribution in [0.2, 0.25) is 0 Å². The van der Waals surface area contributed by atoms with E-state index in [1.807, 2.05) is 6.92 Å². The third kappa shape index (κ3) is 3.42. The molecule has 1 atom stereocenters. The number of carboxylic acids is 1. The van der Waals surface area contributed by atoms with Crippen LogP contribution in [-0.2, 0) is 0 Å². The molecule has 1 aromatic heterocycles. The van der Waals surface area contributed by atoms with Crippen molar-refractivity contribution in [3.8, 4) is 0 Å². The maximum absolute atomic E-state index is 12.6. The van der Waals surface area contributed by atoms with E-state index in [-0.39, 0.29) is 23.0 Å². The number of nitrogens with zero attached hydrogens (tertiary/aromatic N) is 3. The van der Waals surface area contributed by atoms with Crippen LogP contribution in [0.15, 0.2) is 40.4 Å². The summed E-state index contributed by atoms with van der Waals surface area (Å²) in [5, 5.41) is 22.2. The number of hydrogen-bond acceptors (Lipinski definition) is 7. The Morgan fingerprint density at radius 3 is 2.74 bits per heavy atom. The monoisotopic (exact) mass is 371 g/mol. The van der Waals surface area contributed by atoms with Crippen LogP contribution in [0, 0.1) is 0 Å². The SMILES string of the molecule is CC1CCC(=NNc2ccccc2C(=O)O)c2ncc(C(=O)NO)c(=O)n21. The number of rotatable bonds is 4. The molecule has 140 valence electrons. The summed E-state index contributed by atoms with van der Waals surface area (Å²) < 4.78 is 1.34. The van der Waals surface area contributed by atoms with Crippen LogP contribution >= 0.6 is 0 Å². The number of hydrogen-bond donors (Lipinski definition) is 4. The quantitative estimate of drug-likeness (QED) is 0.467. The molecule has 0 aliphatic carbocycles. The van der Waals surface area contributed by atoms with Crippen LogP contribution in [0.25, 0.3) is 0 Å². The van der Waals surface area contributed by atoms with Gasteiger partial charge in [-0.15, -0.1) is 0 Å². The fourth-order valence-electron chi connectivity index (χ4n) is 2.89. The lowest BCUT2D eigenvalue weighted by molar-refractivity contribution is 0.0693. The molecule has 0 fully saturated rings. The van der Waals surface area contributed by atoms with Gasteiger partial charge in [0.25, 0.3) is 11.5 Å². The zero-order chi connectivity index (χ0) is 19.6. The largest absolute Gasteiger partial charge is 0.478 e. The molecular weight excluding hydrogens is 354 g/mol. The number of anilines is 1. The second-order valence-corrected chi connectivity index (χ2v) is 6.02. The zero-order valence-corrected chi connectivity index (χ0v) is 14.3. The predicted octanol–water partition coefficient (Wildman–Crippen LogP) is 1.23. The fraction of sp³-hybridized carbons (Fsp3) is 0.235. The normalized spacial score (nSPS) is 17.3. The first-order valence-electron chi connectivity index (χ1n) is 8.15. The molecule has 0 saturated carbocycles. The number of carbonyl (C=O) groups excluding carboxylic acids is 1. The average Bonchev–Trinajstić information content (AvgIpc) is 2.67. The molecule has 0 radical (unpaired) electrons. The Kier molecular flexibility index (Phi) is 4.99. The molecular formula is C17H17N5O5. The summed E-state index contributed by atoms with van der Waals surface area (Å²) in [6.45, 7) is 1.82. The standard InChI is InChI=1S/C17H17N5O5/c1-9-6-7-13(20-19-12-5-3-2-4-10(12)17(25)26)14-18-8-11(15(23)21-27)16(24)22(9)14/h2-5,8-9,19,27H,6-7H2,1H3,(H,21,23)(H,25,26). The van der Waals surface area contributed by atoms with E-state index in [4.69, 9.17) is 5.21 Å². The fourth-order valence-corrected chi connectivity index (χ4v) is 2.89. The van der Waals surface area contributed by atoms with Crippen molar-refractivity contribution in [2.45, 2.75) is 25.8 Å². The van der Waals surface area contributed by atoms with Crippen molar-refractivity contribution in [3.05, 3.63) is 57.8 Å². The predicted molar refractivity (Wildman–Crippen MR) is 95.3 cm³/mol. The van der Waals surface area contributed by atoms with Gasteiger partial charge in [0.15, 0.2) is 5.82 Å². The van der Waals surface area contributed by atoms with Gasteiger partial charge in [-0.1, -0.05) is 12.1 Å². The Balaban J connectivity index is 2.01. The van der Waals surface area contributed by atoms with Crippen LogP contribution in [0.1, 0.15) is 52.3 Å². The highest BCUT2D eigenvalue weighted by molar-refractivity contribution is 6.00. The maximum Gasteiger partial charge on any atom is 0.337 e. The second-order valence-electron chi connectivity index (χ2n) is 6.02. The van der Waals surface area contributed by atoms with Gasteiger partial charge in [-0.25, -0.2) is 15.3 Å². The van der Waals surface area contributed by atoms with Gasteiger partial charge in [-0.05, 0) is 31.9 Å². The molecule has 2 aromatic rings. The summed E-state index contributed by atoms with van der Waals surface area (Å²) in [5.41, 5.74) is 4.11. The number of carbonyl (C=O) groups is 2. The van der Waals surface area contributed by atoms with Crippen molar-refractivity contribution >= 4 is 23.3 Å². The molecule has 10 nitrogen and oxygen atoms in total. The van der Waals surface area contributed by atoms with E-state index in [1.54, 1.807) is 18.2 Å². The number of aromatic carboxylic acids is 1. The van der Waals surface area contributed by atoms with E-state index in [9.17, 15) is 19.5 Å². The molecule has 1 unspecified atom stereocenters. The summed E-state index contributed by atoms with van der Waals surface area (Å²) in [4.78, 5) is 39.6. The second kappa shape index (κ2) is 7.38. The van der Waals surface area contributed by atoms with E-state index >= 15 is 0 Å². The van der Waals surface area contributed by atoms with Gasteiger partial charge in [-0.3, -0.25) is 24.8 Å². The summed E-state index contributed by atoms with van der Waals surface area (Å²) >= 11 is 0. The number of nitrogens with one attached hydrogen (secondary N) is 2. The highest BCUT2D eigenvalue weighted by Gasteiger charge is 2.26. The van der Waals surface area contributed by atoms with Crippen molar-refractivity contribution in [2.24, 2.45) is 5.10 Å². The summed E-state index contributed by atoms with van der Waals surface area (Å²) in [6, 6.07) is 6.10. The third-order valence-corrected chi connectivity index (χ3v) is 4.31. The summed E-state index contributed by atoms with van der Waals surface area (Å²) in [7, 11) is 0. The molecule has 2 heterocycles. The molecule has 1 aromatic carbocycles. The van der Waals surface area contributed by atoms with Crippen molar-refractivity contribution in [2.75, 3.05) is 5.43 Å². The Hall–Kier alpha value is -3.53. The number of para-hydroxylation sites is 1. The molecule has 1 amide bonds. The number of carboxylic acid groups (broad SMARTS) is 1. The number of amides is 1. The molecule has 0 saturated heterocycles. The van der Waals surface area contributed by atoms with Gasteiger partial charge < -0.3 is 5.11 Å². The minimum Gasteiger partial charge on any atom is -0.478 e. The maximum atomic E-state index is 12.6. The lowest BCUT2D eigenvalue weighted by Crippen LogP contribution is -2.39. The molecule has 4 N–H and O–H groups in total. The van der Waals surface area contributed by atoms with Crippen LogP contribution < -0.4 is 16.5 Å². The molecule has 0 bridgehead atoms. The van der Waals surface area contributed by atoms with E-state index in [0.717, 1.165) is 6.20 Å². The molecule has 0 spiro atoms. The minimum absolute atomic E-state index is 0.0614. The van der Waals surface area contributed by atoms with Gasteiger partial charge in [0.05, 0.1) is 11.3 Å². The van der Waals surface area contributed by atoms with Gasteiger partial charge in [0, 0.05) is 12.2 Å². The zero-order valence-electron chi connectivity index (χ0n) is 14.3. The van der Waals surface area contributed by atoms with Crippen molar-refractivity contribution in [3.63, 3.8) is 0 Å². The smallest absolute Gasteiger partial charge is 0.337 e. The number of hydrazone groups is 1. The number of benzene rings is 1. The van der Waals surface area contributed by atoms with E-state index in [1.165, 1.54) is 16.1 Å². The average molecular weight is 371 g/mol. The Morgan fingerprint density at radius 1 is 1.30 bits per heavy atom. The van der Waals surface area contributed by atoms with Crippen LogP contribution in [0.3, 0.4) is 0 Å². The first-order chi connectivity index (χ1) is 12.9. The first-order valence-corrected chi connectivity index (χ1v) is 8.15. The topological polar surface area (TPSA) is 146 Å². The Morgan fingerprint density at radius 2 is 2.04 bits per heavy atom. The van der Waals surface area contributed by atoms with Crippen molar-refractivity contribution < 1.29 is 19.9 Å². The number of hydroxylamine groups is 1. The number of fused-ring (bicyclic) bond motifs is 1. The van der Waals surface area contributed by atoms with E-state index < -0.39 is 17.4 Å². The Bertz CT molecular complexity index is 997. The third-order valence-electron chi connectivity index (χ3n) is 4.31.